The van der Waals surface area contributed by atoms with E-state index in [4.69, 9.17) is 0 Å². The SMILES string of the molecule is Cc1c(O)cccc1C(=O)N(C)CC(=O)N1CCNCC1. The highest BCUT2D eigenvalue weighted by atomic mass is 16.3. The summed E-state index contributed by atoms with van der Waals surface area (Å²) in [6.07, 6.45) is 0. The highest BCUT2D eigenvalue weighted by molar-refractivity contribution is 5.98. The van der Waals surface area contributed by atoms with Gasteiger partial charge in [0.1, 0.15) is 5.75 Å². The molecule has 114 valence electrons. The maximum Gasteiger partial charge on any atom is 0.254 e. The molecule has 0 aliphatic carbocycles. The smallest absolute Gasteiger partial charge is 0.254 e. The lowest BCUT2D eigenvalue weighted by Crippen LogP contribution is -2.49. The Balaban J connectivity index is 2.02. The number of nitrogens with zero attached hydrogens (tertiary/aromatic N) is 2. The molecule has 1 fully saturated rings. The lowest BCUT2D eigenvalue weighted by Gasteiger charge is -2.29. The summed E-state index contributed by atoms with van der Waals surface area (Å²) in [5, 5.41) is 12.8. The maximum atomic E-state index is 12.4. The first-order valence-electron chi connectivity index (χ1n) is 7.03. The number of hydrogen-bond donors (Lipinski definition) is 2. The summed E-state index contributed by atoms with van der Waals surface area (Å²) in [7, 11) is 1.60. The Labute approximate surface area is 124 Å². The van der Waals surface area contributed by atoms with Crippen molar-refractivity contribution < 1.29 is 14.7 Å². The molecule has 6 nitrogen and oxygen atoms in total. The van der Waals surface area contributed by atoms with Crippen molar-refractivity contribution >= 4 is 11.8 Å². The second-order valence-corrected chi connectivity index (χ2v) is 5.24. The molecule has 0 unspecified atom stereocenters. The third-order valence-electron chi connectivity index (χ3n) is 3.72. The Hall–Kier alpha value is -2.08. The van der Waals surface area contributed by atoms with Gasteiger partial charge in [0.25, 0.3) is 5.91 Å². The quantitative estimate of drug-likeness (QED) is 0.835. The number of carbonyl (C=O) groups excluding carboxylic acids is 2. The molecule has 0 radical (unpaired) electrons. The van der Waals surface area contributed by atoms with Crippen LogP contribution in [0.4, 0.5) is 0 Å². The van der Waals surface area contributed by atoms with Crippen molar-refractivity contribution in [1.29, 1.82) is 0 Å². The van der Waals surface area contributed by atoms with Gasteiger partial charge in [0.15, 0.2) is 0 Å². The van der Waals surface area contributed by atoms with Crippen LogP contribution >= 0.6 is 0 Å². The van der Waals surface area contributed by atoms with Crippen LogP contribution in [0.5, 0.6) is 5.75 Å². The topological polar surface area (TPSA) is 72.9 Å². The van der Waals surface area contributed by atoms with Crippen molar-refractivity contribution in [3.05, 3.63) is 29.3 Å². The first kappa shape index (κ1) is 15.3. The van der Waals surface area contributed by atoms with E-state index in [0.29, 0.717) is 24.2 Å². The van der Waals surface area contributed by atoms with Crippen LogP contribution in [0.2, 0.25) is 0 Å². The van der Waals surface area contributed by atoms with E-state index in [1.54, 1.807) is 31.0 Å². The number of nitrogens with one attached hydrogen (secondary N) is 1. The van der Waals surface area contributed by atoms with E-state index in [9.17, 15) is 14.7 Å². The molecule has 0 bridgehead atoms. The lowest BCUT2D eigenvalue weighted by atomic mass is 10.1. The molecule has 1 aliphatic rings. The second kappa shape index (κ2) is 6.58. The number of piperazine rings is 1. The van der Waals surface area contributed by atoms with Gasteiger partial charge in [0, 0.05) is 44.4 Å². The van der Waals surface area contributed by atoms with Crippen molar-refractivity contribution in [2.45, 2.75) is 6.92 Å². The Morgan fingerprint density at radius 2 is 2.00 bits per heavy atom. The minimum atomic E-state index is -0.258. The van der Waals surface area contributed by atoms with Crippen molar-refractivity contribution in [1.82, 2.24) is 15.1 Å². The van der Waals surface area contributed by atoms with Crippen LogP contribution in [0.3, 0.4) is 0 Å². The molecule has 2 N–H and O–H groups in total. The molecule has 0 saturated carbocycles. The third kappa shape index (κ3) is 3.52. The van der Waals surface area contributed by atoms with Crippen molar-refractivity contribution in [3.63, 3.8) is 0 Å². The summed E-state index contributed by atoms with van der Waals surface area (Å²) in [6.45, 7) is 4.66. The molecule has 6 heteroatoms. The van der Waals surface area contributed by atoms with Crippen LogP contribution in [0.15, 0.2) is 18.2 Å². The maximum absolute atomic E-state index is 12.4. The molecular formula is C15H21N3O3. The predicted octanol–water partition coefficient (Wildman–Crippen LogP) is 0.204. The normalized spacial score (nSPS) is 14.9. The molecule has 0 spiro atoms. The Morgan fingerprint density at radius 1 is 1.33 bits per heavy atom. The molecule has 0 aromatic heterocycles. The molecular weight excluding hydrogens is 270 g/mol. The van der Waals surface area contributed by atoms with Gasteiger partial charge in [-0.1, -0.05) is 6.07 Å². The van der Waals surface area contributed by atoms with Gasteiger partial charge in [-0.25, -0.2) is 0 Å². The number of rotatable bonds is 3. The lowest BCUT2D eigenvalue weighted by molar-refractivity contribution is -0.132. The highest BCUT2D eigenvalue weighted by Crippen LogP contribution is 2.20. The van der Waals surface area contributed by atoms with Crippen molar-refractivity contribution in [3.8, 4) is 5.75 Å². The van der Waals surface area contributed by atoms with E-state index in [1.165, 1.54) is 11.0 Å². The molecule has 1 aromatic rings. The van der Waals surface area contributed by atoms with E-state index in [2.05, 4.69) is 5.32 Å². The van der Waals surface area contributed by atoms with Gasteiger partial charge in [-0.15, -0.1) is 0 Å². The number of phenols is 1. The number of carbonyl (C=O) groups is 2. The largest absolute Gasteiger partial charge is 0.508 e. The zero-order valence-corrected chi connectivity index (χ0v) is 12.4. The molecule has 1 saturated heterocycles. The van der Waals surface area contributed by atoms with Crippen LogP contribution in [0.1, 0.15) is 15.9 Å². The summed E-state index contributed by atoms with van der Waals surface area (Å²) < 4.78 is 0. The van der Waals surface area contributed by atoms with E-state index < -0.39 is 0 Å². The molecule has 1 heterocycles. The Kier molecular flexibility index (Phi) is 4.80. The van der Waals surface area contributed by atoms with Crippen LogP contribution < -0.4 is 5.32 Å². The van der Waals surface area contributed by atoms with E-state index >= 15 is 0 Å². The van der Waals surface area contributed by atoms with Crippen molar-refractivity contribution in [2.24, 2.45) is 0 Å². The minimum absolute atomic E-state index is 0.0495. The fourth-order valence-electron chi connectivity index (χ4n) is 2.35. The van der Waals surface area contributed by atoms with Gasteiger partial charge in [0.05, 0.1) is 6.54 Å². The Morgan fingerprint density at radius 3 is 2.67 bits per heavy atom. The summed E-state index contributed by atoms with van der Waals surface area (Å²) >= 11 is 0. The standard InChI is InChI=1S/C15H21N3O3/c1-11-12(4-3-5-13(11)19)15(21)17(2)10-14(20)18-8-6-16-7-9-18/h3-5,16,19H,6-10H2,1-2H3. The van der Waals surface area contributed by atoms with Crippen LogP contribution in [-0.4, -0.2) is 66.5 Å². The average molecular weight is 291 g/mol. The predicted molar refractivity (Wildman–Crippen MR) is 79.3 cm³/mol. The number of phenolic OH excluding ortho intramolecular Hbond substituents is 1. The number of hydrogen-bond acceptors (Lipinski definition) is 4. The van der Waals surface area contributed by atoms with E-state index in [0.717, 1.165) is 13.1 Å². The summed E-state index contributed by atoms with van der Waals surface area (Å²) in [5.74, 6) is -0.222. The van der Waals surface area contributed by atoms with Crippen LogP contribution in [0.25, 0.3) is 0 Å². The van der Waals surface area contributed by atoms with E-state index in [1.807, 2.05) is 0 Å². The first-order chi connectivity index (χ1) is 10.0. The van der Waals surface area contributed by atoms with Crippen LogP contribution in [0, 0.1) is 6.92 Å². The van der Waals surface area contributed by atoms with Gasteiger partial charge in [0.2, 0.25) is 5.91 Å². The average Bonchev–Trinajstić information content (AvgIpc) is 2.50. The summed E-state index contributed by atoms with van der Waals surface area (Å²) in [5.41, 5.74) is 0.953. The fourth-order valence-corrected chi connectivity index (χ4v) is 2.35. The van der Waals surface area contributed by atoms with Gasteiger partial charge in [-0.2, -0.15) is 0 Å². The zero-order valence-electron chi connectivity index (χ0n) is 12.4. The Bertz CT molecular complexity index is 539. The summed E-state index contributed by atoms with van der Waals surface area (Å²) in [4.78, 5) is 27.7. The number of aromatic hydroxyl groups is 1. The third-order valence-corrected chi connectivity index (χ3v) is 3.72. The molecule has 2 amide bonds. The monoisotopic (exact) mass is 291 g/mol. The fraction of sp³-hybridized carbons (Fsp3) is 0.467. The highest BCUT2D eigenvalue weighted by Gasteiger charge is 2.22. The molecule has 21 heavy (non-hydrogen) atoms. The van der Waals surface area contributed by atoms with E-state index in [-0.39, 0.29) is 24.1 Å². The van der Waals surface area contributed by atoms with Gasteiger partial charge in [-0.05, 0) is 19.1 Å². The number of benzene rings is 1. The van der Waals surface area contributed by atoms with Crippen molar-refractivity contribution in [2.75, 3.05) is 39.8 Å². The molecule has 1 aliphatic heterocycles. The second-order valence-electron chi connectivity index (χ2n) is 5.24. The van der Waals surface area contributed by atoms with Gasteiger partial charge in [-0.3, -0.25) is 9.59 Å². The number of amides is 2. The molecule has 2 rings (SSSR count). The number of likely N-dealkylation sites (N-methyl/N-ethyl adjacent to an activating group) is 1. The van der Waals surface area contributed by atoms with Gasteiger partial charge >= 0.3 is 0 Å². The van der Waals surface area contributed by atoms with Crippen LogP contribution in [-0.2, 0) is 4.79 Å². The summed E-state index contributed by atoms with van der Waals surface area (Å²) in [6, 6.07) is 4.82. The van der Waals surface area contributed by atoms with Gasteiger partial charge < -0.3 is 20.2 Å². The molecule has 0 atom stereocenters. The first-order valence-corrected chi connectivity index (χ1v) is 7.03. The minimum Gasteiger partial charge on any atom is -0.508 e. The zero-order chi connectivity index (χ0) is 15.4. The molecule has 1 aromatic carbocycles.